The second-order valence-electron chi connectivity index (χ2n) is 4.70. The molecule has 0 fully saturated rings. The Labute approximate surface area is 116 Å². The summed E-state index contributed by atoms with van der Waals surface area (Å²) < 4.78 is 1.73. The topological polar surface area (TPSA) is 62.5 Å². The van der Waals surface area contributed by atoms with Crippen molar-refractivity contribution < 1.29 is 5.11 Å². The standard InChI is InChI=1S/C15H16N4O/c1-11-6-5-9-19-14(11)17-15(18-19)16-10-13(20)12-7-3-2-4-8-12/h2-9,13,20H,10H2,1H3,(H,16,18). The van der Waals surface area contributed by atoms with Crippen molar-refractivity contribution in [3.8, 4) is 0 Å². The van der Waals surface area contributed by atoms with Gasteiger partial charge in [0.1, 0.15) is 0 Å². The van der Waals surface area contributed by atoms with E-state index in [9.17, 15) is 5.11 Å². The van der Waals surface area contributed by atoms with Crippen LogP contribution in [0.2, 0.25) is 0 Å². The van der Waals surface area contributed by atoms with Crippen molar-refractivity contribution in [1.82, 2.24) is 14.6 Å². The summed E-state index contributed by atoms with van der Waals surface area (Å²) >= 11 is 0. The van der Waals surface area contributed by atoms with Crippen LogP contribution in [-0.2, 0) is 0 Å². The Morgan fingerprint density at radius 2 is 2.00 bits per heavy atom. The van der Waals surface area contributed by atoms with Crippen LogP contribution in [0.4, 0.5) is 5.95 Å². The van der Waals surface area contributed by atoms with E-state index in [4.69, 9.17) is 0 Å². The number of aryl methyl sites for hydroxylation is 1. The first-order chi connectivity index (χ1) is 9.74. The lowest BCUT2D eigenvalue weighted by atomic mass is 10.1. The molecule has 3 rings (SSSR count). The fourth-order valence-corrected chi connectivity index (χ4v) is 2.10. The number of hydrogen-bond acceptors (Lipinski definition) is 4. The highest BCUT2D eigenvalue weighted by molar-refractivity contribution is 5.49. The van der Waals surface area contributed by atoms with Gasteiger partial charge in [0.15, 0.2) is 5.65 Å². The van der Waals surface area contributed by atoms with Gasteiger partial charge < -0.3 is 10.4 Å². The highest BCUT2D eigenvalue weighted by atomic mass is 16.3. The largest absolute Gasteiger partial charge is 0.387 e. The van der Waals surface area contributed by atoms with E-state index in [0.717, 1.165) is 16.8 Å². The first-order valence-electron chi connectivity index (χ1n) is 6.53. The first kappa shape index (κ1) is 12.6. The lowest BCUT2D eigenvalue weighted by molar-refractivity contribution is 0.191. The Kier molecular flexibility index (Phi) is 3.35. The van der Waals surface area contributed by atoms with Crippen molar-refractivity contribution in [3.05, 3.63) is 59.8 Å². The van der Waals surface area contributed by atoms with Gasteiger partial charge in [-0.25, -0.2) is 4.52 Å². The summed E-state index contributed by atoms with van der Waals surface area (Å²) in [4.78, 5) is 4.41. The lowest BCUT2D eigenvalue weighted by Gasteiger charge is -2.10. The van der Waals surface area contributed by atoms with Gasteiger partial charge in [-0.2, -0.15) is 4.98 Å². The molecule has 1 aromatic carbocycles. The van der Waals surface area contributed by atoms with Crippen molar-refractivity contribution in [1.29, 1.82) is 0 Å². The molecule has 3 aromatic rings. The summed E-state index contributed by atoms with van der Waals surface area (Å²) in [5.41, 5.74) is 2.76. The average Bonchev–Trinajstić information content (AvgIpc) is 2.90. The van der Waals surface area contributed by atoms with Gasteiger partial charge in [-0.3, -0.25) is 0 Å². The molecule has 0 spiro atoms. The zero-order valence-electron chi connectivity index (χ0n) is 11.2. The van der Waals surface area contributed by atoms with Crippen LogP contribution in [0.3, 0.4) is 0 Å². The normalized spacial score (nSPS) is 12.5. The number of benzene rings is 1. The Morgan fingerprint density at radius 1 is 1.20 bits per heavy atom. The Hall–Kier alpha value is -2.40. The van der Waals surface area contributed by atoms with Gasteiger partial charge in [-0.05, 0) is 24.1 Å². The molecule has 0 aliphatic carbocycles. The van der Waals surface area contributed by atoms with Crippen LogP contribution in [0.15, 0.2) is 48.7 Å². The molecule has 2 heterocycles. The van der Waals surface area contributed by atoms with E-state index in [-0.39, 0.29) is 0 Å². The van der Waals surface area contributed by atoms with Crippen molar-refractivity contribution >= 4 is 11.6 Å². The van der Waals surface area contributed by atoms with Gasteiger partial charge >= 0.3 is 0 Å². The number of rotatable bonds is 4. The average molecular weight is 268 g/mol. The molecule has 102 valence electrons. The smallest absolute Gasteiger partial charge is 0.243 e. The maximum absolute atomic E-state index is 10.1. The van der Waals surface area contributed by atoms with Crippen LogP contribution >= 0.6 is 0 Å². The summed E-state index contributed by atoms with van der Waals surface area (Å²) in [6.07, 6.45) is 1.28. The van der Waals surface area contributed by atoms with Gasteiger partial charge in [0.2, 0.25) is 5.95 Å². The molecule has 0 saturated heterocycles. The molecule has 0 aliphatic rings. The van der Waals surface area contributed by atoms with Crippen LogP contribution in [0.5, 0.6) is 0 Å². The predicted octanol–water partition coefficient (Wildman–Crippen LogP) is 2.18. The lowest BCUT2D eigenvalue weighted by Crippen LogP contribution is -2.12. The molecule has 0 amide bonds. The van der Waals surface area contributed by atoms with Crippen molar-refractivity contribution in [2.45, 2.75) is 13.0 Å². The van der Waals surface area contributed by atoms with E-state index in [2.05, 4.69) is 15.4 Å². The number of aliphatic hydroxyl groups excluding tert-OH is 1. The Bertz CT molecular complexity index is 708. The van der Waals surface area contributed by atoms with Gasteiger partial charge in [-0.15, -0.1) is 5.10 Å². The molecule has 1 unspecified atom stereocenters. The molecule has 0 bridgehead atoms. The summed E-state index contributed by atoms with van der Waals surface area (Å²) in [7, 11) is 0. The van der Waals surface area contributed by atoms with E-state index in [0.29, 0.717) is 12.5 Å². The SMILES string of the molecule is Cc1cccn2nc(NCC(O)c3ccccc3)nc12. The summed E-state index contributed by atoms with van der Waals surface area (Å²) in [6, 6.07) is 13.5. The second-order valence-corrected chi connectivity index (χ2v) is 4.70. The van der Waals surface area contributed by atoms with Crippen molar-refractivity contribution in [3.63, 3.8) is 0 Å². The van der Waals surface area contributed by atoms with E-state index in [1.165, 1.54) is 0 Å². The molecule has 0 aliphatic heterocycles. The van der Waals surface area contributed by atoms with E-state index in [1.807, 2.05) is 55.6 Å². The van der Waals surface area contributed by atoms with E-state index < -0.39 is 6.10 Å². The predicted molar refractivity (Wildman–Crippen MR) is 77.6 cm³/mol. The molecule has 2 N–H and O–H groups in total. The fraction of sp³-hybridized carbons (Fsp3) is 0.200. The van der Waals surface area contributed by atoms with Crippen LogP contribution in [-0.4, -0.2) is 26.2 Å². The molecule has 2 aromatic heterocycles. The number of anilines is 1. The number of fused-ring (bicyclic) bond motifs is 1. The third-order valence-electron chi connectivity index (χ3n) is 3.20. The zero-order valence-corrected chi connectivity index (χ0v) is 11.2. The van der Waals surface area contributed by atoms with E-state index in [1.54, 1.807) is 4.52 Å². The summed E-state index contributed by atoms with van der Waals surface area (Å²) in [5.74, 6) is 0.522. The third-order valence-corrected chi connectivity index (χ3v) is 3.20. The molecule has 5 heteroatoms. The van der Waals surface area contributed by atoms with Crippen LogP contribution < -0.4 is 5.32 Å². The fourth-order valence-electron chi connectivity index (χ4n) is 2.10. The number of pyridine rings is 1. The van der Waals surface area contributed by atoms with Gasteiger partial charge in [0.05, 0.1) is 6.10 Å². The monoisotopic (exact) mass is 268 g/mol. The minimum absolute atomic E-state index is 0.375. The molecule has 1 atom stereocenters. The quantitative estimate of drug-likeness (QED) is 0.761. The van der Waals surface area contributed by atoms with Crippen LogP contribution in [0, 0.1) is 6.92 Å². The van der Waals surface area contributed by atoms with E-state index >= 15 is 0 Å². The minimum Gasteiger partial charge on any atom is -0.387 e. The Morgan fingerprint density at radius 3 is 2.75 bits per heavy atom. The number of hydrogen-bond donors (Lipinski definition) is 2. The number of nitrogens with zero attached hydrogens (tertiary/aromatic N) is 3. The second kappa shape index (κ2) is 5.30. The first-order valence-corrected chi connectivity index (χ1v) is 6.53. The van der Waals surface area contributed by atoms with Crippen LogP contribution in [0.25, 0.3) is 5.65 Å². The molecule has 0 saturated carbocycles. The maximum atomic E-state index is 10.1. The molecule has 5 nitrogen and oxygen atoms in total. The highest BCUT2D eigenvalue weighted by Crippen LogP contribution is 2.14. The number of aromatic nitrogens is 3. The maximum Gasteiger partial charge on any atom is 0.243 e. The minimum atomic E-state index is -0.580. The van der Waals surface area contributed by atoms with Gasteiger partial charge in [-0.1, -0.05) is 36.4 Å². The molecule has 0 radical (unpaired) electrons. The van der Waals surface area contributed by atoms with Crippen molar-refractivity contribution in [2.75, 3.05) is 11.9 Å². The zero-order chi connectivity index (χ0) is 13.9. The van der Waals surface area contributed by atoms with Crippen molar-refractivity contribution in [2.24, 2.45) is 0 Å². The summed E-state index contributed by atoms with van der Waals surface area (Å²) in [5, 5.41) is 17.5. The third kappa shape index (κ3) is 2.48. The summed E-state index contributed by atoms with van der Waals surface area (Å²) in [6.45, 7) is 2.37. The molecular weight excluding hydrogens is 252 g/mol. The van der Waals surface area contributed by atoms with Gasteiger partial charge in [0.25, 0.3) is 0 Å². The number of aliphatic hydroxyl groups is 1. The molecule has 20 heavy (non-hydrogen) atoms. The number of nitrogens with one attached hydrogen (secondary N) is 1. The van der Waals surface area contributed by atoms with Gasteiger partial charge in [0, 0.05) is 12.7 Å². The highest BCUT2D eigenvalue weighted by Gasteiger charge is 2.09. The molecular formula is C15H16N4O. The van der Waals surface area contributed by atoms with Crippen LogP contribution in [0.1, 0.15) is 17.2 Å². The Balaban J connectivity index is 1.72.